The first kappa shape index (κ1) is 54.9. The Morgan fingerprint density at radius 3 is 1.56 bits per heavy atom. The van der Waals surface area contributed by atoms with Gasteiger partial charge in [0.25, 0.3) is 0 Å². The minimum atomic E-state index is -4.43. The van der Waals surface area contributed by atoms with Gasteiger partial charge >= 0.3 is 19.8 Å². The zero-order valence-electron chi connectivity index (χ0n) is 35.8. The van der Waals surface area contributed by atoms with E-state index in [-0.39, 0.29) is 32.6 Å². The SMILES string of the molecule is CCCCCCCCCCCCCCCCCCCC(=O)O[C@H](COC(=O)CCC[C@@H](O)/C=C/C=C\C/C=C\C=C\[C@@H](O)CCCCC)COP(=O)(O)OCCN. The lowest BCUT2D eigenvalue weighted by Gasteiger charge is -2.20. The van der Waals surface area contributed by atoms with Crippen molar-refractivity contribution in [1.82, 2.24) is 0 Å². The number of phosphoric ester groups is 1. The lowest BCUT2D eigenvalue weighted by molar-refractivity contribution is -0.161. The lowest BCUT2D eigenvalue weighted by atomic mass is 10.0. The summed E-state index contributed by atoms with van der Waals surface area (Å²) in [5.74, 6) is -1.05. The zero-order chi connectivity index (χ0) is 42.1. The molecule has 0 radical (unpaired) electrons. The molecule has 0 spiro atoms. The standard InChI is InChI=1S/C45H82NO10P/c1-3-5-7-8-9-10-11-12-13-14-15-16-17-18-22-25-29-35-45(50)56-43(40-55-57(51,52)54-38-37-46)39-53-44(49)36-30-34-42(48)33-28-24-21-19-20-23-27-32-41(47)31-26-6-4-2/h20-21,23-24,27-28,32-33,41-43,47-48H,3-19,22,25-26,29-31,34-40,46H2,1-2H3,(H,51,52)/b23-20-,24-21-,32-27+,33-28+/t41-,42-,43+/m0/s1. The van der Waals surface area contributed by atoms with Crippen LogP contribution in [0.25, 0.3) is 0 Å². The van der Waals surface area contributed by atoms with Crippen LogP contribution in [0.15, 0.2) is 48.6 Å². The van der Waals surface area contributed by atoms with Crippen LogP contribution in [0.2, 0.25) is 0 Å². The molecule has 12 heteroatoms. The number of carbonyl (C=O) groups excluding carboxylic acids is 2. The Balaban J connectivity index is 4.35. The second-order valence-electron chi connectivity index (χ2n) is 15.0. The van der Waals surface area contributed by atoms with Crippen molar-refractivity contribution in [2.45, 2.75) is 199 Å². The van der Waals surface area contributed by atoms with Crippen molar-refractivity contribution in [3.63, 3.8) is 0 Å². The molecule has 0 aliphatic rings. The van der Waals surface area contributed by atoms with Crippen molar-refractivity contribution >= 4 is 19.8 Å². The highest BCUT2D eigenvalue weighted by Gasteiger charge is 2.26. The highest BCUT2D eigenvalue weighted by atomic mass is 31.2. The fourth-order valence-corrected chi connectivity index (χ4v) is 6.79. The number of allylic oxidation sites excluding steroid dienone is 6. The first-order valence-electron chi connectivity index (χ1n) is 22.3. The Hall–Kier alpha value is -2.11. The molecule has 0 aromatic carbocycles. The van der Waals surface area contributed by atoms with E-state index < -0.39 is 44.7 Å². The van der Waals surface area contributed by atoms with E-state index in [1.165, 1.54) is 83.5 Å². The van der Waals surface area contributed by atoms with Crippen LogP contribution in [0, 0.1) is 0 Å². The van der Waals surface area contributed by atoms with Crippen molar-refractivity contribution in [3.8, 4) is 0 Å². The number of hydrogen-bond donors (Lipinski definition) is 4. The average Bonchev–Trinajstić information content (AvgIpc) is 3.18. The third kappa shape index (κ3) is 40.5. The minimum absolute atomic E-state index is 0.0204. The molecule has 11 nitrogen and oxygen atoms in total. The number of aliphatic hydroxyl groups excluding tert-OH is 2. The van der Waals surface area contributed by atoms with Gasteiger partial charge < -0.3 is 30.3 Å². The first-order valence-corrected chi connectivity index (χ1v) is 23.8. The van der Waals surface area contributed by atoms with Gasteiger partial charge in [-0.15, -0.1) is 0 Å². The van der Waals surface area contributed by atoms with Gasteiger partial charge in [0.05, 0.1) is 25.4 Å². The number of hydrogen-bond acceptors (Lipinski definition) is 10. The Morgan fingerprint density at radius 1 is 0.596 bits per heavy atom. The van der Waals surface area contributed by atoms with Crippen LogP contribution in [-0.2, 0) is 32.7 Å². The van der Waals surface area contributed by atoms with E-state index in [2.05, 4.69) is 13.8 Å². The second kappa shape index (κ2) is 40.7. The average molecular weight is 828 g/mol. The van der Waals surface area contributed by atoms with Crippen molar-refractivity contribution in [2.75, 3.05) is 26.4 Å². The topological polar surface area (TPSA) is 175 Å². The van der Waals surface area contributed by atoms with Gasteiger partial charge in [-0.1, -0.05) is 184 Å². The molecule has 0 aromatic rings. The molecule has 0 saturated carbocycles. The summed E-state index contributed by atoms with van der Waals surface area (Å²) in [5, 5.41) is 20.1. The molecule has 0 bridgehead atoms. The number of aliphatic hydroxyl groups is 2. The quantitative estimate of drug-likeness (QED) is 0.0200. The molecule has 4 atom stereocenters. The van der Waals surface area contributed by atoms with Gasteiger partial charge in [-0.2, -0.15) is 0 Å². The normalized spacial score (nSPS) is 14.8. The minimum Gasteiger partial charge on any atom is -0.462 e. The molecule has 332 valence electrons. The van der Waals surface area contributed by atoms with Gasteiger partial charge in [-0.25, -0.2) is 4.57 Å². The van der Waals surface area contributed by atoms with Gasteiger partial charge in [0, 0.05) is 19.4 Å². The van der Waals surface area contributed by atoms with E-state index in [1.54, 1.807) is 18.2 Å². The number of esters is 2. The van der Waals surface area contributed by atoms with E-state index >= 15 is 0 Å². The number of unbranched alkanes of at least 4 members (excludes halogenated alkanes) is 18. The van der Waals surface area contributed by atoms with E-state index in [9.17, 15) is 29.3 Å². The van der Waals surface area contributed by atoms with Gasteiger partial charge in [0.15, 0.2) is 6.10 Å². The maximum absolute atomic E-state index is 12.6. The predicted octanol–water partition coefficient (Wildman–Crippen LogP) is 10.7. The Kier molecular flexibility index (Phi) is 39.2. The molecule has 0 rings (SSSR count). The number of carbonyl (C=O) groups is 2. The highest BCUT2D eigenvalue weighted by Crippen LogP contribution is 2.43. The van der Waals surface area contributed by atoms with Crippen molar-refractivity contribution < 1.29 is 47.8 Å². The number of rotatable bonds is 41. The fraction of sp³-hybridized carbons (Fsp3) is 0.778. The van der Waals surface area contributed by atoms with E-state index in [0.29, 0.717) is 25.7 Å². The van der Waals surface area contributed by atoms with Gasteiger partial charge in [0.2, 0.25) is 0 Å². The zero-order valence-corrected chi connectivity index (χ0v) is 36.7. The molecule has 5 N–H and O–H groups in total. The maximum Gasteiger partial charge on any atom is 0.472 e. The highest BCUT2D eigenvalue weighted by molar-refractivity contribution is 7.47. The molecule has 0 aromatic heterocycles. The fourth-order valence-electron chi connectivity index (χ4n) is 6.03. The molecule has 0 heterocycles. The third-order valence-electron chi connectivity index (χ3n) is 9.43. The number of nitrogens with two attached hydrogens (primary N) is 1. The van der Waals surface area contributed by atoms with Crippen LogP contribution < -0.4 is 5.73 Å². The molecular weight excluding hydrogens is 745 g/mol. The van der Waals surface area contributed by atoms with Gasteiger partial charge in [-0.05, 0) is 32.1 Å². The summed E-state index contributed by atoms with van der Waals surface area (Å²) < 4.78 is 32.6. The Morgan fingerprint density at radius 2 is 1.05 bits per heavy atom. The van der Waals surface area contributed by atoms with Crippen molar-refractivity contribution in [1.29, 1.82) is 0 Å². The molecule has 0 aliphatic carbocycles. The largest absolute Gasteiger partial charge is 0.472 e. The van der Waals surface area contributed by atoms with Crippen molar-refractivity contribution in [3.05, 3.63) is 48.6 Å². The van der Waals surface area contributed by atoms with E-state index in [4.69, 9.17) is 24.3 Å². The number of phosphoric acid groups is 1. The summed E-state index contributed by atoms with van der Waals surface area (Å²) in [6.07, 6.45) is 39.3. The second-order valence-corrected chi connectivity index (χ2v) is 16.4. The summed E-state index contributed by atoms with van der Waals surface area (Å²) >= 11 is 0. The van der Waals surface area contributed by atoms with Gasteiger partial charge in [0.1, 0.15) is 6.61 Å². The molecule has 1 unspecified atom stereocenters. The van der Waals surface area contributed by atoms with Crippen LogP contribution in [0.5, 0.6) is 0 Å². The molecule has 0 amide bonds. The Labute approximate surface area is 346 Å². The summed E-state index contributed by atoms with van der Waals surface area (Å²) in [5.41, 5.74) is 5.34. The summed E-state index contributed by atoms with van der Waals surface area (Å²) in [6.45, 7) is 3.38. The van der Waals surface area contributed by atoms with E-state index in [0.717, 1.165) is 44.9 Å². The van der Waals surface area contributed by atoms with Crippen molar-refractivity contribution in [2.24, 2.45) is 5.73 Å². The number of ether oxygens (including phenoxy) is 2. The maximum atomic E-state index is 12.6. The lowest BCUT2D eigenvalue weighted by Crippen LogP contribution is -2.29. The van der Waals surface area contributed by atoms with Crippen LogP contribution in [-0.4, -0.2) is 71.7 Å². The monoisotopic (exact) mass is 828 g/mol. The van der Waals surface area contributed by atoms with E-state index in [1.807, 2.05) is 30.4 Å². The summed E-state index contributed by atoms with van der Waals surface area (Å²) in [4.78, 5) is 34.9. The first-order chi connectivity index (χ1) is 27.6. The predicted molar refractivity (Wildman–Crippen MR) is 232 cm³/mol. The molecule has 0 aliphatic heterocycles. The Bertz CT molecular complexity index is 1110. The molecule has 0 saturated heterocycles. The smallest absolute Gasteiger partial charge is 0.462 e. The van der Waals surface area contributed by atoms with Crippen LogP contribution in [0.4, 0.5) is 0 Å². The molecule has 57 heavy (non-hydrogen) atoms. The molecule has 0 fully saturated rings. The summed E-state index contributed by atoms with van der Waals surface area (Å²) in [6, 6.07) is 0. The van der Waals surface area contributed by atoms with Crippen LogP contribution in [0.1, 0.15) is 181 Å². The third-order valence-corrected chi connectivity index (χ3v) is 10.4. The molecular formula is C45H82NO10P. The van der Waals surface area contributed by atoms with Gasteiger partial charge in [-0.3, -0.25) is 18.6 Å². The van der Waals surface area contributed by atoms with Crippen LogP contribution in [0.3, 0.4) is 0 Å². The summed E-state index contributed by atoms with van der Waals surface area (Å²) in [7, 11) is -4.43. The van der Waals surface area contributed by atoms with Crippen LogP contribution >= 0.6 is 7.82 Å².